The van der Waals surface area contributed by atoms with E-state index >= 15 is 0 Å². The van der Waals surface area contributed by atoms with E-state index in [0.29, 0.717) is 24.0 Å². The van der Waals surface area contributed by atoms with Crippen molar-refractivity contribution >= 4 is 17.9 Å². The normalized spacial score (nSPS) is 15.1. The van der Waals surface area contributed by atoms with Crippen LogP contribution in [0.25, 0.3) is 0 Å². The Labute approximate surface area is 229 Å². The molecule has 4 unspecified atom stereocenters. The molecule has 0 aromatic heterocycles. The number of alkyl carbamates (subject to hydrolysis) is 1. The molecule has 0 spiro atoms. The van der Waals surface area contributed by atoms with Gasteiger partial charge in [-0.2, -0.15) is 0 Å². The van der Waals surface area contributed by atoms with Crippen molar-refractivity contribution < 1.29 is 24.2 Å². The minimum Gasteiger partial charge on any atom is -0.507 e. The van der Waals surface area contributed by atoms with Gasteiger partial charge >= 0.3 is 6.09 Å². The summed E-state index contributed by atoms with van der Waals surface area (Å²) in [5.74, 6) is -1.04. The van der Waals surface area contributed by atoms with E-state index in [1.54, 1.807) is 50.8 Å². The van der Waals surface area contributed by atoms with E-state index in [1.807, 2.05) is 48.5 Å². The van der Waals surface area contributed by atoms with Crippen LogP contribution in [0.4, 0.5) is 4.79 Å². The lowest BCUT2D eigenvalue weighted by atomic mass is 9.88. The lowest BCUT2D eigenvalue weighted by Gasteiger charge is -2.45. The number of rotatable bonds is 12. The van der Waals surface area contributed by atoms with Crippen LogP contribution in [-0.4, -0.2) is 51.1 Å². The number of hydrogen-bond donors (Lipinski definition) is 3. The minimum absolute atomic E-state index is 0.0271. The van der Waals surface area contributed by atoms with Crippen molar-refractivity contribution in [3.63, 3.8) is 0 Å². The Balaban J connectivity index is 3.77. The summed E-state index contributed by atoms with van der Waals surface area (Å²) < 4.78 is 5.47. The molecule has 0 heterocycles. The molecule has 3 amide bonds. The van der Waals surface area contributed by atoms with E-state index in [9.17, 15) is 19.5 Å². The maximum atomic E-state index is 14.5. The summed E-state index contributed by atoms with van der Waals surface area (Å²) in [7, 11) is 0. The summed E-state index contributed by atoms with van der Waals surface area (Å²) in [6.07, 6.45) is 2.13. The number of hydrogen-bond acceptors (Lipinski definition) is 5. The maximum absolute atomic E-state index is 14.5. The van der Waals surface area contributed by atoms with E-state index in [0.717, 1.165) is 12.8 Å². The monoisotopic (exact) mass is 533 g/mol. The number of phenols is 1. The van der Waals surface area contributed by atoms with Gasteiger partial charge in [0.1, 0.15) is 23.4 Å². The Morgan fingerprint density at radius 1 is 1.03 bits per heavy atom. The Bertz CT molecular complexity index is 954. The summed E-state index contributed by atoms with van der Waals surface area (Å²) in [5.41, 5.74) is -0.569. The molecule has 0 saturated carbocycles. The molecule has 1 aromatic carbocycles. The Morgan fingerprint density at radius 2 is 1.63 bits per heavy atom. The molecule has 0 aliphatic heterocycles. The molecule has 0 fully saturated rings. The fourth-order valence-corrected chi connectivity index (χ4v) is 4.34. The zero-order valence-corrected chi connectivity index (χ0v) is 25.4. The highest BCUT2D eigenvalue weighted by Gasteiger charge is 2.45. The highest BCUT2D eigenvalue weighted by atomic mass is 16.6. The number of carbonyl (C=O) groups is 3. The second kappa shape index (κ2) is 13.9. The fraction of sp³-hybridized carbons (Fsp3) is 0.700. The van der Waals surface area contributed by atoms with Gasteiger partial charge in [-0.1, -0.05) is 58.7 Å². The van der Waals surface area contributed by atoms with Crippen molar-refractivity contribution in [3.8, 4) is 5.75 Å². The van der Waals surface area contributed by atoms with E-state index < -0.39 is 35.2 Å². The Kier molecular flexibility index (Phi) is 12.1. The van der Waals surface area contributed by atoms with Crippen LogP contribution in [0, 0.1) is 12.8 Å². The first-order chi connectivity index (χ1) is 17.5. The zero-order chi connectivity index (χ0) is 29.4. The summed E-state index contributed by atoms with van der Waals surface area (Å²) >= 11 is 0. The van der Waals surface area contributed by atoms with Gasteiger partial charge in [-0.25, -0.2) is 4.79 Å². The van der Waals surface area contributed by atoms with Crippen LogP contribution in [0.3, 0.4) is 0 Å². The van der Waals surface area contributed by atoms with Gasteiger partial charge < -0.3 is 25.4 Å². The molecule has 3 N–H and O–H groups in total. The molecule has 8 nitrogen and oxygen atoms in total. The predicted octanol–water partition coefficient (Wildman–Crippen LogP) is 6.00. The Hall–Kier alpha value is -2.77. The molecule has 8 heteroatoms. The lowest BCUT2D eigenvalue weighted by Crippen LogP contribution is -2.61. The number of aryl methyl sites for hydroxylation is 1. The number of aromatic hydroxyl groups is 1. The molecule has 1 rings (SSSR count). The number of amides is 3. The molecule has 38 heavy (non-hydrogen) atoms. The number of benzene rings is 1. The van der Waals surface area contributed by atoms with Gasteiger partial charge in [-0.3, -0.25) is 9.59 Å². The zero-order valence-electron chi connectivity index (χ0n) is 25.4. The average molecular weight is 534 g/mol. The van der Waals surface area contributed by atoms with Gasteiger partial charge in [-0.15, -0.1) is 0 Å². The summed E-state index contributed by atoms with van der Waals surface area (Å²) in [6, 6.07) is 3.06. The minimum atomic E-state index is -1.11. The lowest BCUT2D eigenvalue weighted by molar-refractivity contribution is -0.150. The number of nitrogens with one attached hydrogen (secondary N) is 2. The molecule has 0 aliphatic rings. The third-order valence-electron chi connectivity index (χ3n) is 7.09. The molecule has 0 aliphatic carbocycles. The fourth-order valence-electron chi connectivity index (χ4n) is 4.34. The largest absolute Gasteiger partial charge is 0.507 e. The number of para-hydroxylation sites is 1. The van der Waals surface area contributed by atoms with Gasteiger partial charge in [-0.05, 0) is 72.8 Å². The van der Waals surface area contributed by atoms with Crippen LogP contribution in [-0.2, 0) is 14.3 Å². The van der Waals surface area contributed by atoms with Crippen molar-refractivity contribution in [2.45, 2.75) is 131 Å². The van der Waals surface area contributed by atoms with Crippen molar-refractivity contribution in [1.29, 1.82) is 0 Å². The second-order valence-corrected chi connectivity index (χ2v) is 12.0. The van der Waals surface area contributed by atoms with E-state index in [-0.39, 0.29) is 23.6 Å². The van der Waals surface area contributed by atoms with Crippen molar-refractivity contribution in [2.75, 3.05) is 0 Å². The third kappa shape index (κ3) is 8.91. The summed E-state index contributed by atoms with van der Waals surface area (Å²) in [6.45, 7) is 20.6. The van der Waals surface area contributed by atoms with Crippen molar-refractivity contribution in [1.82, 2.24) is 15.5 Å². The molecule has 0 radical (unpaired) electrons. The number of ether oxygens (including phenoxy) is 1. The molecule has 1 aromatic rings. The first-order valence-corrected chi connectivity index (χ1v) is 13.9. The highest BCUT2D eigenvalue weighted by molar-refractivity contribution is 5.93. The third-order valence-corrected chi connectivity index (χ3v) is 7.09. The molecule has 0 bridgehead atoms. The van der Waals surface area contributed by atoms with E-state index in [4.69, 9.17) is 4.74 Å². The molecular formula is C30H51N3O5. The van der Waals surface area contributed by atoms with E-state index in [1.165, 1.54) is 0 Å². The molecule has 0 saturated heterocycles. The SMILES string of the molecule is CCCC(C)NC(=O)C(c1cccc(C)c1O)N(C(=O)C(NC(=O)OC(C)(C)C)C(C)CC)C(C)(C)CC. The predicted molar refractivity (Wildman–Crippen MR) is 152 cm³/mol. The van der Waals surface area contributed by atoms with Crippen molar-refractivity contribution in [2.24, 2.45) is 5.92 Å². The van der Waals surface area contributed by atoms with Gasteiger partial charge in [0.2, 0.25) is 11.8 Å². The van der Waals surface area contributed by atoms with Crippen LogP contribution < -0.4 is 10.6 Å². The maximum Gasteiger partial charge on any atom is 0.408 e. The van der Waals surface area contributed by atoms with Crippen LogP contribution in [0.2, 0.25) is 0 Å². The van der Waals surface area contributed by atoms with Gasteiger partial charge in [0.05, 0.1) is 0 Å². The first-order valence-electron chi connectivity index (χ1n) is 13.9. The van der Waals surface area contributed by atoms with Crippen LogP contribution in [0.15, 0.2) is 18.2 Å². The van der Waals surface area contributed by atoms with Gasteiger partial charge in [0, 0.05) is 17.1 Å². The average Bonchev–Trinajstić information content (AvgIpc) is 2.80. The van der Waals surface area contributed by atoms with E-state index in [2.05, 4.69) is 10.6 Å². The van der Waals surface area contributed by atoms with Crippen molar-refractivity contribution in [3.05, 3.63) is 29.3 Å². The Morgan fingerprint density at radius 3 is 2.13 bits per heavy atom. The molecule has 4 atom stereocenters. The van der Waals surface area contributed by atoms with Crippen LogP contribution in [0.5, 0.6) is 5.75 Å². The number of nitrogens with zero attached hydrogens (tertiary/aromatic N) is 1. The quantitative estimate of drug-likeness (QED) is 0.305. The van der Waals surface area contributed by atoms with Crippen LogP contribution >= 0.6 is 0 Å². The number of phenolic OH excluding ortho intramolecular Hbond substituents is 1. The number of carbonyl (C=O) groups excluding carboxylic acids is 3. The van der Waals surface area contributed by atoms with Crippen LogP contribution in [0.1, 0.15) is 112 Å². The summed E-state index contributed by atoms with van der Waals surface area (Å²) in [5, 5.41) is 16.9. The van der Waals surface area contributed by atoms with Gasteiger partial charge in [0.25, 0.3) is 0 Å². The molecule has 216 valence electrons. The first kappa shape index (κ1) is 33.3. The smallest absolute Gasteiger partial charge is 0.408 e. The second-order valence-electron chi connectivity index (χ2n) is 12.0. The standard InChI is InChI=1S/C30H51N3O5/c1-12-16-21(6)31-26(35)24(22-18-15-17-20(5)25(22)34)33(30(10,11)14-3)27(36)23(19(4)13-2)32-28(37)38-29(7,8)9/h15,17-19,21,23-24,34H,12-14,16H2,1-11H3,(H,31,35)(H,32,37). The topological polar surface area (TPSA) is 108 Å². The summed E-state index contributed by atoms with van der Waals surface area (Å²) in [4.78, 5) is 42.8. The van der Waals surface area contributed by atoms with Gasteiger partial charge in [0.15, 0.2) is 0 Å². The molecular weight excluding hydrogens is 482 g/mol. The highest BCUT2D eigenvalue weighted by Crippen LogP contribution is 2.38.